The minimum atomic E-state index is -4.64. The number of nitrogens with zero attached hydrogens (tertiary/aromatic N) is 1. The molecule has 0 atom stereocenters. The topological polar surface area (TPSA) is 50.7 Å². The van der Waals surface area contributed by atoms with Crippen LogP contribution in [0.2, 0.25) is 0 Å². The van der Waals surface area contributed by atoms with Gasteiger partial charge in [0.1, 0.15) is 11.5 Å². The molecule has 0 fully saturated rings. The van der Waals surface area contributed by atoms with E-state index < -0.39 is 29.3 Å². The number of nitrogens with one attached hydrogen (secondary N) is 1. The minimum Gasteiger partial charge on any atom is -0.436 e. The first-order valence-corrected chi connectivity index (χ1v) is 7.62. The lowest BCUT2D eigenvalue weighted by atomic mass is 9.90. The van der Waals surface area contributed by atoms with Gasteiger partial charge in [0.15, 0.2) is 5.60 Å². The Bertz CT molecular complexity index is 887. The van der Waals surface area contributed by atoms with Crippen LogP contribution in [-0.2, 0) is 10.9 Å². The van der Waals surface area contributed by atoms with E-state index in [-0.39, 0.29) is 22.4 Å². The molecule has 1 N–H and O–H groups in total. The van der Waals surface area contributed by atoms with Crippen molar-refractivity contribution in [2.45, 2.75) is 25.6 Å². The number of alkyl halides is 3. The molecule has 0 spiro atoms. The van der Waals surface area contributed by atoms with E-state index in [9.17, 15) is 22.4 Å². The average Bonchev–Trinajstić information content (AvgIpc) is 2.53. The molecule has 136 valence electrons. The molecule has 0 aromatic heterocycles. The van der Waals surface area contributed by atoms with Gasteiger partial charge in [0.05, 0.1) is 5.56 Å². The number of hydrazone groups is 1. The molecule has 0 unspecified atom stereocenters. The summed E-state index contributed by atoms with van der Waals surface area (Å²) in [5.41, 5.74) is 0.491. The van der Waals surface area contributed by atoms with Crippen molar-refractivity contribution in [2.75, 3.05) is 0 Å². The smallest absolute Gasteiger partial charge is 0.428 e. The van der Waals surface area contributed by atoms with Gasteiger partial charge in [0.25, 0.3) is 0 Å². The summed E-state index contributed by atoms with van der Waals surface area (Å²) in [6, 6.07) is 8.45. The summed E-state index contributed by atoms with van der Waals surface area (Å²) in [6.07, 6.45) is -5.42. The monoisotopic (exact) mass is 366 g/mol. The second-order valence-electron chi connectivity index (χ2n) is 6.24. The number of cyclic esters (lactones) is 1. The summed E-state index contributed by atoms with van der Waals surface area (Å²) in [7, 11) is 0. The molecule has 3 rings (SSSR count). The quantitative estimate of drug-likeness (QED) is 0.781. The Hall–Kier alpha value is -2.90. The standard InChI is InChI=1S/C18H14F4N2O2/c1-17(2)15(23-24-16(25)26-17)11-5-8-13(14(9-11)18(20,21)22)10-3-6-12(19)7-4-10/h3-9H,1-2H3,(H,24,25). The zero-order valence-corrected chi connectivity index (χ0v) is 13.8. The van der Waals surface area contributed by atoms with Crippen molar-refractivity contribution in [1.29, 1.82) is 0 Å². The maximum absolute atomic E-state index is 13.6. The minimum absolute atomic E-state index is 0.0829. The molecule has 0 bridgehead atoms. The van der Waals surface area contributed by atoms with E-state index >= 15 is 0 Å². The van der Waals surface area contributed by atoms with Gasteiger partial charge < -0.3 is 4.74 Å². The molecule has 0 aliphatic carbocycles. The number of hydrogen-bond donors (Lipinski definition) is 1. The SMILES string of the molecule is CC1(C)OC(=O)NN=C1c1ccc(-c2ccc(F)cc2)c(C(F)(F)F)c1. The van der Waals surface area contributed by atoms with E-state index in [0.717, 1.165) is 18.2 Å². The molecule has 26 heavy (non-hydrogen) atoms. The van der Waals surface area contributed by atoms with Crippen molar-refractivity contribution < 1.29 is 27.1 Å². The first-order chi connectivity index (χ1) is 12.1. The highest BCUT2D eigenvalue weighted by atomic mass is 19.4. The third-order valence-corrected chi connectivity index (χ3v) is 3.93. The van der Waals surface area contributed by atoms with E-state index in [1.54, 1.807) is 0 Å². The van der Waals surface area contributed by atoms with Crippen LogP contribution >= 0.6 is 0 Å². The zero-order valence-electron chi connectivity index (χ0n) is 13.8. The number of carbonyl (C=O) groups is 1. The Labute approximate surface area is 146 Å². The van der Waals surface area contributed by atoms with Gasteiger partial charge in [-0.3, -0.25) is 0 Å². The van der Waals surface area contributed by atoms with Crippen molar-refractivity contribution in [3.63, 3.8) is 0 Å². The number of hydrogen-bond acceptors (Lipinski definition) is 3. The second-order valence-corrected chi connectivity index (χ2v) is 6.24. The van der Waals surface area contributed by atoms with Crippen molar-refractivity contribution in [2.24, 2.45) is 5.10 Å². The average molecular weight is 366 g/mol. The Morgan fingerprint density at radius 2 is 1.65 bits per heavy atom. The molecule has 2 aromatic rings. The maximum Gasteiger partial charge on any atom is 0.428 e. The number of carbonyl (C=O) groups excluding carboxylic acids is 1. The number of halogens is 4. The summed E-state index contributed by atoms with van der Waals surface area (Å²) in [5, 5.41) is 3.85. The van der Waals surface area contributed by atoms with Gasteiger partial charge in [-0.2, -0.15) is 18.3 Å². The fourth-order valence-electron chi connectivity index (χ4n) is 2.76. The molecule has 0 saturated carbocycles. The maximum atomic E-state index is 13.6. The highest BCUT2D eigenvalue weighted by Gasteiger charge is 2.38. The van der Waals surface area contributed by atoms with Crippen LogP contribution in [0.25, 0.3) is 11.1 Å². The van der Waals surface area contributed by atoms with Crippen LogP contribution in [0.1, 0.15) is 25.0 Å². The predicted octanol–water partition coefficient (Wildman–Crippen LogP) is 4.73. The van der Waals surface area contributed by atoms with Gasteiger partial charge in [-0.1, -0.05) is 24.3 Å². The van der Waals surface area contributed by atoms with Gasteiger partial charge in [-0.25, -0.2) is 14.6 Å². The van der Waals surface area contributed by atoms with Crippen LogP contribution in [0, 0.1) is 5.82 Å². The fraction of sp³-hybridized carbons (Fsp3) is 0.222. The van der Waals surface area contributed by atoms with Crippen LogP contribution in [0.5, 0.6) is 0 Å². The van der Waals surface area contributed by atoms with Gasteiger partial charge >= 0.3 is 12.3 Å². The predicted molar refractivity (Wildman–Crippen MR) is 87.1 cm³/mol. The summed E-state index contributed by atoms with van der Waals surface area (Å²) >= 11 is 0. The van der Waals surface area contributed by atoms with Gasteiger partial charge in [0.2, 0.25) is 0 Å². The number of amides is 1. The molecule has 1 aliphatic heterocycles. The summed E-state index contributed by atoms with van der Waals surface area (Å²) < 4.78 is 59.0. The van der Waals surface area contributed by atoms with E-state index in [2.05, 4.69) is 10.5 Å². The highest BCUT2D eigenvalue weighted by Crippen LogP contribution is 2.38. The Morgan fingerprint density at radius 3 is 2.23 bits per heavy atom. The third kappa shape index (κ3) is 3.40. The van der Waals surface area contributed by atoms with Crippen LogP contribution in [-0.4, -0.2) is 17.4 Å². The highest BCUT2D eigenvalue weighted by molar-refractivity contribution is 6.08. The van der Waals surface area contributed by atoms with Crippen molar-refractivity contribution in [3.05, 3.63) is 59.4 Å². The summed E-state index contributed by atoms with van der Waals surface area (Å²) in [5.74, 6) is -0.537. The van der Waals surface area contributed by atoms with Crippen LogP contribution in [0.15, 0.2) is 47.6 Å². The van der Waals surface area contributed by atoms with Crippen LogP contribution in [0.4, 0.5) is 22.4 Å². The molecule has 1 aliphatic rings. The largest absolute Gasteiger partial charge is 0.436 e. The van der Waals surface area contributed by atoms with Gasteiger partial charge in [-0.15, -0.1) is 0 Å². The van der Waals surface area contributed by atoms with Gasteiger partial charge in [-0.05, 0) is 43.2 Å². The molecule has 1 heterocycles. The Balaban J connectivity index is 2.14. The fourth-order valence-corrected chi connectivity index (χ4v) is 2.76. The summed E-state index contributed by atoms with van der Waals surface area (Å²) in [4.78, 5) is 11.3. The summed E-state index contributed by atoms with van der Waals surface area (Å²) in [6.45, 7) is 3.07. The van der Waals surface area contributed by atoms with E-state index in [0.29, 0.717) is 0 Å². The Kier molecular flexibility index (Phi) is 4.21. The van der Waals surface area contributed by atoms with Crippen LogP contribution in [0.3, 0.4) is 0 Å². The van der Waals surface area contributed by atoms with E-state index in [4.69, 9.17) is 4.74 Å². The molecule has 2 aromatic carbocycles. The zero-order chi connectivity index (χ0) is 19.1. The lowest BCUT2D eigenvalue weighted by Gasteiger charge is -2.30. The number of ether oxygens (including phenoxy) is 1. The van der Waals surface area contributed by atoms with Crippen molar-refractivity contribution in [1.82, 2.24) is 5.43 Å². The first kappa shape index (κ1) is 17.9. The Morgan fingerprint density at radius 1 is 1.04 bits per heavy atom. The van der Waals surface area contributed by atoms with E-state index in [1.807, 2.05) is 0 Å². The van der Waals surface area contributed by atoms with Crippen LogP contribution < -0.4 is 5.43 Å². The number of rotatable bonds is 2. The number of benzene rings is 2. The second kappa shape index (κ2) is 6.12. The lowest BCUT2D eigenvalue weighted by Crippen LogP contribution is -2.46. The molecule has 0 saturated heterocycles. The lowest BCUT2D eigenvalue weighted by molar-refractivity contribution is -0.137. The van der Waals surface area contributed by atoms with Crippen molar-refractivity contribution in [3.8, 4) is 11.1 Å². The van der Waals surface area contributed by atoms with E-state index in [1.165, 1.54) is 38.1 Å². The molecule has 4 nitrogen and oxygen atoms in total. The normalized spacial score (nSPS) is 16.5. The molecule has 0 radical (unpaired) electrons. The molecule has 8 heteroatoms. The first-order valence-electron chi connectivity index (χ1n) is 7.62. The van der Waals surface area contributed by atoms with Gasteiger partial charge in [0, 0.05) is 5.56 Å². The third-order valence-electron chi connectivity index (χ3n) is 3.93. The molecule has 1 amide bonds. The molecular formula is C18H14F4N2O2. The molecular weight excluding hydrogens is 352 g/mol. The van der Waals surface area contributed by atoms with Crippen molar-refractivity contribution >= 4 is 11.8 Å².